The number of amides is 1. The molecule has 0 fully saturated rings. The van der Waals surface area contributed by atoms with Crippen LogP contribution in [-0.2, 0) is 0 Å². The zero-order valence-corrected chi connectivity index (χ0v) is 17.9. The molecule has 150 valence electrons. The third-order valence-corrected chi connectivity index (χ3v) is 5.61. The summed E-state index contributed by atoms with van der Waals surface area (Å²) in [6.45, 7) is 8.29. The number of halogens is 1. The van der Waals surface area contributed by atoms with E-state index in [-0.39, 0.29) is 11.3 Å². The van der Waals surface area contributed by atoms with Crippen molar-refractivity contribution < 1.29 is 9.53 Å². The lowest BCUT2D eigenvalue weighted by molar-refractivity contribution is 0.102. The minimum Gasteiger partial charge on any atom is -0.495 e. The van der Waals surface area contributed by atoms with Gasteiger partial charge in [-0.2, -0.15) is 0 Å². The fourth-order valence-corrected chi connectivity index (χ4v) is 2.88. The Kier molecular flexibility index (Phi) is 7.08. The van der Waals surface area contributed by atoms with Gasteiger partial charge in [-0.05, 0) is 55.7 Å². The molecule has 0 atom stereocenters. The molecule has 0 saturated heterocycles. The van der Waals surface area contributed by atoms with Crippen molar-refractivity contribution in [1.29, 1.82) is 0 Å². The topological polar surface area (TPSA) is 76.7 Å². The molecule has 2 aromatic rings. The predicted octanol–water partition coefficient (Wildman–Crippen LogP) is 5.72. The quantitative estimate of drug-likeness (QED) is 0.459. The van der Waals surface area contributed by atoms with E-state index in [1.165, 1.54) is 7.11 Å². The third-order valence-electron chi connectivity index (χ3n) is 5.30. The Bertz CT molecular complexity index is 889. The van der Waals surface area contributed by atoms with Gasteiger partial charge in [0.1, 0.15) is 11.6 Å². The van der Waals surface area contributed by atoms with Crippen molar-refractivity contribution in [2.24, 2.45) is 16.1 Å². The largest absolute Gasteiger partial charge is 0.495 e. The second kappa shape index (κ2) is 9.11. The van der Waals surface area contributed by atoms with Gasteiger partial charge < -0.3 is 15.8 Å². The number of anilines is 1. The summed E-state index contributed by atoms with van der Waals surface area (Å²) in [6, 6.07) is 10.5. The standard InChI is InChI=1S/C22H28ClN3O2/c1-6-22(4,7-2)21(24)26-18-13-16(10-8-14(18)3)25-20(27)15-9-11-17(23)19(12-15)28-5/h8-13H,6-7H2,1-5H3,(H2,24,26)(H,25,27). The Labute approximate surface area is 172 Å². The van der Waals surface area contributed by atoms with E-state index in [1.807, 2.05) is 25.1 Å². The number of nitrogens with two attached hydrogens (primary N) is 1. The summed E-state index contributed by atoms with van der Waals surface area (Å²) in [4.78, 5) is 17.3. The number of carbonyl (C=O) groups is 1. The van der Waals surface area contributed by atoms with Crippen LogP contribution in [0.1, 0.15) is 49.5 Å². The molecule has 1 amide bonds. The van der Waals surface area contributed by atoms with Crippen molar-refractivity contribution in [2.45, 2.75) is 40.5 Å². The highest BCUT2D eigenvalue weighted by Crippen LogP contribution is 2.30. The van der Waals surface area contributed by atoms with Crippen LogP contribution in [0.3, 0.4) is 0 Å². The fraction of sp³-hybridized carbons (Fsp3) is 0.364. The molecule has 0 aromatic heterocycles. The summed E-state index contributed by atoms with van der Waals surface area (Å²) in [7, 11) is 1.51. The number of carbonyl (C=O) groups excluding carboxylic acids is 1. The minimum absolute atomic E-state index is 0.147. The lowest BCUT2D eigenvalue weighted by atomic mass is 9.83. The average molecular weight is 402 g/mol. The molecule has 0 aliphatic carbocycles. The minimum atomic E-state index is -0.256. The SMILES string of the molecule is CCC(C)(CC)C(N)=Nc1cc(NC(=O)c2ccc(Cl)c(OC)c2)ccc1C. The first-order chi connectivity index (χ1) is 13.2. The first-order valence-electron chi connectivity index (χ1n) is 9.34. The Morgan fingerprint density at radius 3 is 2.50 bits per heavy atom. The molecule has 2 rings (SSSR count). The van der Waals surface area contributed by atoms with Gasteiger partial charge >= 0.3 is 0 Å². The van der Waals surface area contributed by atoms with E-state index in [1.54, 1.807) is 18.2 Å². The molecular weight excluding hydrogens is 374 g/mol. The molecule has 0 saturated carbocycles. The van der Waals surface area contributed by atoms with Gasteiger partial charge in [0.25, 0.3) is 5.91 Å². The summed E-state index contributed by atoms with van der Waals surface area (Å²) in [6.07, 6.45) is 1.82. The van der Waals surface area contributed by atoms with Crippen LogP contribution in [0, 0.1) is 12.3 Å². The van der Waals surface area contributed by atoms with Crippen LogP contribution in [-0.4, -0.2) is 18.9 Å². The van der Waals surface area contributed by atoms with Gasteiger partial charge in [-0.25, -0.2) is 4.99 Å². The highest BCUT2D eigenvalue weighted by molar-refractivity contribution is 6.32. The number of nitrogens with one attached hydrogen (secondary N) is 1. The van der Waals surface area contributed by atoms with Gasteiger partial charge in [0.05, 0.1) is 17.8 Å². The number of rotatable bonds is 7. The number of hydrogen-bond donors (Lipinski definition) is 2. The molecule has 0 aliphatic heterocycles. The molecule has 6 heteroatoms. The van der Waals surface area contributed by atoms with Crippen molar-refractivity contribution in [3.05, 3.63) is 52.5 Å². The van der Waals surface area contributed by atoms with Crippen LogP contribution >= 0.6 is 11.6 Å². The Balaban J connectivity index is 2.29. The van der Waals surface area contributed by atoms with Gasteiger partial charge in [-0.15, -0.1) is 0 Å². The van der Waals surface area contributed by atoms with Gasteiger partial charge in [-0.1, -0.05) is 38.4 Å². The van der Waals surface area contributed by atoms with Crippen LogP contribution in [0.25, 0.3) is 0 Å². The van der Waals surface area contributed by atoms with Crippen LogP contribution in [0.5, 0.6) is 5.75 Å². The number of aliphatic imine (C=N–C) groups is 1. The molecule has 0 radical (unpaired) electrons. The highest BCUT2D eigenvalue weighted by Gasteiger charge is 2.24. The molecular formula is C22H28ClN3O2. The molecule has 5 nitrogen and oxygen atoms in total. The first kappa shape index (κ1) is 21.8. The fourth-order valence-electron chi connectivity index (χ4n) is 2.69. The van der Waals surface area contributed by atoms with Gasteiger partial charge in [0, 0.05) is 16.7 Å². The Hall–Kier alpha value is -2.53. The molecule has 2 aromatic carbocycles. The lowest BCUT2D eigenvalue weighted by Gasteiger charge is -2.26. The molecule has 0 heterocycles. The average Bonchev–Trinajstić information content (AvgIpc) is 2.69. The van der Waals surface area contributed by atoms with Crippen molar-refractivity contribution in [1.82, 2.24) is 0 Å². The molecule has 0 aliphatic rings. The maximum atomic E-state index is 12.6. The number of amidine groups is 1. The van der Waals surface area contributed by atoms with Crippen molar-refractivity contribution in [2.75, 3.05) is 12.4 Å². The number of methoxy groups -OCH3 is 1. The third kappa shape index (κ3) is 4.84. The molecule has 0 bridgehead atoms. The molecule has 0 spiro atoms. The zero-order chi connectivity index (χ0) is 20.9. The van der Waals surface area contributed by atoms with E-state index in [0.717, 1.165) is 24.1 Å². The van der Waals surface area contributed by atoms with E-state index in [4.69, 9.17) is 22.1 Å². The van der Waals surface area contributed by atoms with Gasteiger partial charge in [0.2, 0.25) is 0 Å². The van der Waals surface area contributed by atoms with Crippen molar-refractivity contribution in [3.8, 4) is 5.75 Å². The van der Waals surface area contributed by atoms with E-state index in [0.29, 0.717) is 27.9 Å². The van der Waals surface area contributed by atoms with E-state index in [9.17, 15) is 4.79 Å². The van der Waals surface area contributed by atoms with E-state index >= 15 is 0 Å². The van der Waals surface area contributed by atoms with E-state index in [2.05, 4.69) is 31.1 Å². The monoisotopic (exact) mass is 401 g/mol. The number of hydrogen-bond acceptors (Lipinski definition) is 3. The van der Waals surface area contributed by atoms with Crippen LogP contribution in [0.15, 0.2) is 41.4 Å². The molecule has 0 unspecified atom stereocenters. The van der Waals surface area contributed by atoms with E-state index < -0.39 is 0 Å². The predicted molar refractivity (Wildman–Crippen MR) is 117 cm³/mol. The van der Waals surface area contributed by atoms with Crippen molar-refractivity contribution >= 4 is 34.7 Å². The van der Waals surface area contributed by atoms with Gasteiger partial charge in [0.15, 0.2) is 0 Å². The number of nitrogens with zero attached hydrogens (tertiary/aromatic N) is 1. The van der Waals surface area contributed by atoms with Crippen molar-refractivity contribution in [3.63, 3.8) is 0 Å². The number of aryl methyl sites for hydroxylation is 1. The summed E-state index contributed by atoms with van der Waals surface area (Å²) in [5, 5.41) is 3.34. The van der Waals surface area contributed by atoms with Crippen LogP contribution in [0.4, 0.5) is 11.4 Å². The Morgan fingerprint density at radius 1 is 1.21 bits per heavy atom. The van der Waals surface area contributed by atoms with Crippen LogP contribution < -0.4 is 15.8 Å². The maximum Gasteiger partial charge on any atom is 0.255 e. The summed E-state index contributed by atoms with van der Waals surface area (Å²) in [5.74, 6) is 0.801. The summed E-state index contributed by atoms with van der Waals surface area (Å²) < 4.78 is 5.17. The molecule has 28 heavy (non-hydrogen) atoms. The van der Waals surface area contributed by atoms with Crippen LogP contribution in [0.2, 0.25) is 5.02 Å². The number of ether oxygens (including phenoxy) is 1. The second-order valence-corrected chi connectivity index (χ2v) is 7.48. The smallest absolute Gasteiger partial charge is 0.255 e. The second-order valence-electron chi connectivity index (χ2n) is 7.07. The highest BCUT2D eigenvalue weighted by atomic mass is 35.5. The zero-order valence-electron chi connectivity index (χ0n) is 17.1. The Morgan fingerprint density at radius 2 is 1.89 bits per heavy atom. The normalized spacial score (nSPS) is 12.0. The number of benzene rings is 2. The summed E-state index contributed by atoms with van der Waals surface area (Å²) in [5.41, 5.74) is 8.99. The first-order valence-corrected chi connectivity index (χ1v) is 9.72. The molecule has 3 N–H and O–H groups in total. The van der Waals surface area contributed by atoms with Gasteiger partial charge in [-0.3, -0.25) is 4.79 Å². The maximum absolute atomic E-state index is 12.6. The summed E-state index contributed by atoms with van der Waals surface area (Å²) >= 11 is 6.03. The lowest BCUT2D eigenvalue weighted by Crippen LogP contribution is -2.33.